The summed E-state index contributed by atoms with van der Waals surface area (Å²) in [6.45, 7) is 6.34. The van der Waals surface area contributed by atoms with Gasteiger partial charge in [0.05, 0.1) is 5.54 Å². The molecule has 5 heteroatoms. The van der Waals surface area contributed by atoms with Gasteiger partial charge in [-0.15, -0.1) is 0 Å². The molecule has 0 unspecified atom stereocenters. The Kier molecular flexibility index (Phi) is 2.95. The van der Waals surface area contributed by atoms with Gasteiger partial charge >= 0.3 is 0 Å². The third-order valence-corrected chi connectivity index (χ3v) is 3.03. The third kappa shape index (κ3) is 2.08. The Morgan fingerprint density at radius 1 is 1.56 bits per heavy atom. The fourth-order valence-corrected chi connectivity index (χ4v) is 2.07. The van der Waals surface area contributed by atoms with Gasteiger partial charge in [-0.3, -0.25) is 4.79 Å². The first-order chi connectivity index (χ1) is 7.50. The summed E-state index contributed by atoms with van der Waals surface area (Å²) in [5.74, 6) is 0.207. The normalized spacial score (nSPS) is 19.8. The maximum atomic E-state index is 12.2. The lowest BCUT2D eigenvalue weighted by molar-refractivity contribution is 0.0446. The van der Waals surface area contributed by atoms with Gasteiger partial charge in [0.1, 0.15) is 0 Å². The smallest absolute Gasteiger partial charge is 0.290 e. The average molecular weight is 243 g/mol. The van der Waals surface area contributed by atoms with E-state index in [2.05, 4.69) is 5.32 Å². The molecule has 2 heterocycles. The minimum Gasteiger partial charge on any atom is -0.440 e. The monoisotopic (exact) mass is 242 g/mol. The van der Waals surface area contributed by atoms with E-state index in [1.54, 1.807) is 12.1 Å². The number of furan rings is 1. The molecule has 0 aromatic carbocycles. The molecule has 0 saturated carbocycles. The number of hydrogen-bond acceptors (Lipinski definition) is 3. The molecule has 1 N–H and O–H groups in total. The molecule has 0 aliphatic carbocycles. The van der Waals surface area contributed by atoms with Crippen LogP contribution in [0, 0.1) is 0 Å². The van der Waals surface area contributed by atoms with E-state index in [9.17, 15) is 4.79 Å². The van der Waals surface area contributed by atoms with Crippen molar-refractivity contribution in [3.63, 3.8) is 0 Å². The maximum absolute atomic E-state index is 12.2. The van der Waals surface area contributed by atoms with Gasteiger partial charge in [0, 0.05) is 19.6 Å². The van der Waals surface area contributed by atoms with Crippen molar-refractivity contribution in [3.8, 4) is 0 Å². The molecule has 1 saturated heterocycles. The van der Waals surface area contributed by atoms with Crippen LogP contribution in [-0.2, 0) is 0 Å². The minimum atomic E-state index is -0.200. The molecule has 1 aromatic heterocycles. The summed E-state index contributed by atoms with van der Waals surface area (Å²) in [5, 5.41) is 3.51. The van der Waals surface area contributed by atoms with Crippen molar-refractivity contribution in [2.75, 3.05) is 19.6 Å². The van der Waals surface area contributed by atoms with E-state index >= 15 is 0 Å². The number of halogens is 1. The Morgan fingerprint density at radius 2 is 2.31 bits per heavy atom. The number of carbonyl (C=O) groups excluding carboxylic acids is 1. The van der Waals surface area contributed by atoms with Crippen LogP contribution < -0.4 is 5.32 Å². The van der Waals surface area contributed by atoms with Crippen molar-refractivity contribution < 1.29 is 9.21 Å². The first kappa shape index (κ1) is 11.5. The number of carbonyl (C=O) groups is 1. The molecule has 2 rings (SSSR count). The van der Waals surface area contributed by atoms with E-state index in [0.717, 1.165) is 13.1 Å². The standard InChI is InChI=1S/C11H15ClN2O2/c1-11(2)7-13-5-6-14(11)10(15)8-3-4-9(12)16-8/h3-4,13H,5-7H2,1-2H3. The van der Waals surface area contributed by atoms with Crippen molar-refractivity contribution in [2.24, 2.45) is 0 Å². The maximum Gasteiger partial charge on any atom is 0.290 e. The van der Waals surface area contributed by atoms with Gasteiger partial charge in [-0.25, -0.2) is 0 Å². The molecule has 0 bridgehead atoms. The molecule has 0 radical (unpaired) electrons. The van der Waals surface area contributed by atoms with Crippen LogP contribution in [0.2, 0.25) is 5.22 Å². The van der Waals surface area contributed by atoms with Gasteiger partial charge in [-0.2, -0.15) is 0 Å². The second kappa shape index (κ2) is 4.11. The summed E-state index contributed by atoms with van der Waals surface area (Å²) in [4.78, 5) is 14.0. The Hall–Kier alpha value is -1.00. The summed E-state index contributed by atoms with van der Waals surface area (Å²) in [5.41, 5.74) is -0.200. The highest BCUT2D eigenvalue weighted by molar-refractivity contribution is 6.29. The van der Waals surface area contributed by atoms with Crippen molar-refractivity contribution in [2.45, 2.75) is 19.4 Å². The number of piperazine rings is 1. The largest absolute Gasteiger partial charge is 0.440 e. The summed E-state index contributed by atoms with van der Waals surface area (Å²) in [6.07, 6.45) is 0. The second-order valence-electron chi connectivity index (χ2n) is 4.55. The topological polar surface area (TPSA) is 45.5 Å². The predicted molar refractivity (Wildman–Crippen MR) is 61.7 cm³/mol. The van der Waals surface area contributed by atoms with Crippen LogP contribution in [0.1, 0.15) is 24.4 Å². The molecular weight excluding hydrogens is 228 g/mol. The highest BCUT2D eigenvalue weighted by atomic mass is 35.5. The molecule has 88 valence electrons. The predicted octanol–water partition coefficient (Wildman–Crippen LogP) is 1.76. The number of nitrogens with one attached hydrogen (secondary N) is 1. The van der Waals surface area contributed by atoms with E-state index in [4.69, 9.17) is 16.0 Å². The van der Waals surface area contributed by atoms with Gasteiger partial charge in [-0.05, 0) is 37.6 Å². The van der Waals surface area contributed by atoms with Gasteiger partial charge < -0.3 is 14.6 Å². The van der Waals surface area contributed by atoms with Crippen LogP contribution in [0.5, 0.6) is 0 Å². The number of hydrogen-bond donors (Lipinski definition) is 1. The number of rotatable bonds is 1. The van der Waals surface area contributed by atoms with Crippen LogP contribution in [-0.4, -0.2) is 36.0 Å². The summed E-state index contributed by atoms with van der Waals surface area (Å²) < 4.78 is 5.15. The Labute approximate surface area is 99.5 Å². The Morgan fingerprint density at radius 3 is 2.88 bits per heavy atom. The summed E-state index contributed by atoms with van der Waals surface area (Å²) >= 11 is 5.66. The molecule has 0 atom stereocenters. The molecule has 1 aromatic rings. The van der Waals surface area contributed by atoms with E-state index in [1.165, 1.54) is 0 Å². The van der Waals surface area contributed by atoms with Crippen LogP contribution in [0.15, 0.2) is 16.5 Å². The first-order valence-electron chi connectivity index (χ1n) is 5.29. The highest BCUT2D eigenvalue weighted by Gasteiger charge is 2.34. The lowest BCUT2D eigenvalue weighted by Crippen LogP contribution is -2.59. The van der Waals surface area contributed by atoms with Gasteiger partial charge in [-0.1, -0.05) is 0 Å². The fourth-order valence-electron chi connectivity index (χ4n) is 1.92. The summed E-state index contributed by atoms with van der Waals surface area (Å²) in [6, 6.07) is 3.20. The van der Waals surface area contributed by atoms with E-state index in [-0.39, 0.29) is 16.7 Å². The average Bonchev–Trinajstić information content (AvgIpc) is 2.63. The molecule has 4 nitrogen and oxygen atoms in total. The quantitative estimate of drug-likeness (QED) is 0.816. The third-order valence-electron chi connectivity index (χ3n) is 2.83. The van der Waals surface area contributed by atoms with Crippen molar-refractivity contribution >= 4 is 17.5 Å². The summed E-state index contributed by atoms with van der Waals surface area (Å²) in [7, 11) is 0. The van der Waals surface area contributed by atoms with Crippen molar-refractivity contribution in [1.82, 2.24) is 10.2 Å². The van der Waals surface area contributed by atoms with Crippen LogP contribution in [0.25, 0.3) is 0 Å². The van der Waals surface area contributed by atoms with E-state index < -0.39 is 0 Å². The Balaban J connectivity index is 2.20. The van der Waals surface area contributed by atoms with Crippen LogP contribution in [0.4, 0.5) is 0 Å². The lowest BCUT2D eigenvalue weighted by Gasteiger charge is -2.42. The molecular formula is C11H15ClN2O2. The zero-order chi connectivity index (χ0) is 11.8. The van der Waals surface area contributed by atoms with E-state index in [1.807, 2.05) is 18.7 Å². The molecule has 16 heavy (non-hydrogen) atoms. The van der Waals surface area contributed by atoms with Crippen molar-refractivity contribution in [1.29, 1.82) is 0 Å². The highest BCUT2D eigenvalue weighted by Crippen LogP contribution is 2.21. The van der Waals surface area contributed by atoms with Gasteiger partial charge in [0.15, 0.2) is 11.0 Å². The zero-order valence-corrected chi connectivity index (χ0v) is 10.2. The molecule has 1 aliphatic rings. The van der Waals surface area contributed by atoms with Gasteiger partial charge in [0.25, 0.3) is 5.91 Å². The van der Waals surface area contributed by atoms with Gasteiger partial charge in [0.2, 0.25) is 0 Å². The molecule has 1 aliphatic heterocycles. The lowest BCUT2D eigenvalue weighted by atomic mass is 10.00. The fraction of sp³-hybridized carbons (Fsp3) is 0.545. The molecule has 1 fully saturated rings. The SMILES string of the molecule is CC1(C)CNCCN1C(=O)c1ccc(Cl)o1. The zero-order valence-electron chi connectivity index (χ0n) is 9.42. The molecule has 0 spiro atoms. The second-order valence-corrected chi connectivity index (χ2v) is 4.92. The first-order valence-corrected chi connectivity index (χ1v) is 5.66. The van der Waals surface area contributed by atoms with Crippen molar-refractivity contribution in [3.05, 3.63) is 23.1 Å². The Bertz CT molecular complexity index is 400. The van der Waals surface area contributed by atoms with E-state index in [0.29, 0.717) is 12.3 Å². The van der Waals surface area contributed by atoms with Crippen LogP contribution in [0.3, 0.4) is 0 Å². The minimum absolute atomic E-state index is 0.0987. The number of amides is 1. The van der Waals surface area contributed by atoms with Crippen LogP contribution >= 0.6 is 11.6 Å². The number of nitrogens with zero attached hydrogens (tertiary/aromatic N) is 1. The molecule has 1 amide bonds.